The molecular formula is C11H12O5. The Bertz CT molecular complexity index is 422. The molecular weight excluding hydrogens is 212 g/mol. The topological polar surface area (TPSA) is 76.0 Å². The van der Waals surface area contributed by atoms with Gasteiger partial charge < -0.3 is 19.7 Å². The number of aliphatic hydroxyl groups excluding tert-OH is 1. The van der Waals surface area contributed by atoms with Gasteiger partial charge in [-0.05, 0) is 23.8 Å². The van der Waals surface area contributed by atoms with Crippen LogP contribution in [0.15, 0.2) is 24.0 Å². The first-order chi connectivity index (χ1) is 7.58. The molecule has 5 heteroatoms. The zero-order chi connectivity index (χ0) is 12.1. The maximum atomic E-state index is 10.4. The van der Waals surface area contributed by atoms with E-state index in [4.69, 9.17) is 19.7 Å². The Morgan fingerprint density at radius 3 is 2.31 bits per heavy atom. The monoisotopic (exact) mass is 224 g/mol. The molecule has 0 saturated heterocycles. The predicted molar refractivity (Wildman–Crippen MR) is 57.8 cm³/mol. The third-order valence-corrected chi connectivity index (χ3v) is 1.93. The number of hydrogen-bond acceptors (Lipinski definition) is 4. The highest BCUT2D eigenvalue weighted by Crippen LogP contribution is 2.28. The number of methoxy groups -OCH3 is 2. The van der Waals surface area contributed by atoms with E-state index >= 15 is 0 Å². The van der Waals surface area contributed by atoms with Crippen LogP contribution < -0.4 is 9.47 Å². The van der Waals surface area contributed by atoms with Gasteiger partial charge in [-0.1, -0.05) is 6.07 Å². The van der Waals surface area contributed by atoms with Gasteiger partial charge in [-0.15, -0.1) is 0 Å². The third-order valence-electron chi connectivity index (χ3n) is 1.93. The average Bonchev–Trinajstić information content (AvgIpc) is 2.28. The smallest absolute Gasteiger partial charge is 0.370 e. The van der Waals surface area contributed by atoms with Crippen molar-refractivity contribution in [2.45, 2.75) is 0 Å². The number of rotatable bonds is 4. The van der Waals surface area contributed by atoms with E-state index in [9.17, 15) is 4.79 Å². The lowest BCUT2D eigenvalue weighted by Gasteiger charge is -2.07. The second-order valence-corrected chi connectivity index (χ2v) is 2.95. The van der Waals surface area contributed by atoms with Crippen LogP contribution in [0.1, 0.15) is 5.56 Å². The molecule has 16 heavy (non-hydrogen) atoms. The molecule has 5 nitrogen and oxygen atoms in total. The molecule has 1 aromatic carbocycles. The van der Waals surface area contributed by atoms with Crippen LogP contribution >= 0.6 is 0 Å². The van der Waals surface area contributed by atoms with Crippen molar-refractivity contribution >= 4 is 12.0 Å². The molecule has 0 aromatic heterocycles. The number of aliphatic carboxylic acids is 1. The Kier molecular flexibility index (Phi) is 3.77. The molecule has 2 N–H and O–H groups in total. The van der Waals surface area contributed by atoms with Gasteiger partial charge in [0.15, 0.2) is 11.5 Å². The summed E-state index contributed by atoms with van der Waals surface area (Å²) in [5.74, 6) is -1.11. The van der Waals surface area contributed by atoms with Crippen molar-refractivity contribution < 1.29 is 24.5 Å². The third kappa shape index (κ3) is 2.66. The predicted octanol–water partition coefficient (Wildman–Crippen LogP) is 1.69. The summed E-state index contributed by atoms with van der Waals surface area (Å²) in [5.41, 5.74) is 0.512. The van der Waals surface area contributed by atoms with Gasteiger partial charge in [0.25, 0.3) is 0 Å². The van der Waals surface area contributed by atoms with E-state index in [1.807, 2.05) is 0 Å². The summed E-state index contributed by atoms with van der Waals surface area (Å²) >= 11 is 0. The van der Waals surface area contributed by atoms with Gasteiger partial charge >= 0.3 is 5.97 Å². The molecule has 0 unspecified atom stereocenters. The number of carboxylic acids is 1. The fourth-order valence-electron chi connectivity index (χ4n) is 1.16. The number of carboxylic acid groups (broad SMARTS) is 1. The standard InChI is InChI=1S/C11H12O5/c1-15-9-4-3-7(6-10(9)16-2)5-8(12)11(13)14/h3-6,12H,1-2H3,(H,13,14). The Morgan fingerprint density at radius 1 is 1.19 bits per heavy atom. The summed E-state index contributed by atoms with van der Waals surface area (Å²) in [4.78, 5) is 10.4. The lowest BCUT2D eigenvalue weighted by Crippen LogP contribution is -1.98. The molecule has 0 heterocycles. The first-order valence-electron chi connectivity index (χ1n) is 4.44. The van der Waals surface area contributed by atoms with Crippen molar-refractivity contribution in [1.29, 1.82) is 0 Å². The molecule has 86 valence electrons. The molecule has 0 aliphatic rings. The lowest BCUT2D eigenvalue weighted by atomic mass is 10.2. The van der Waals surface area contributed by atoms with Crippen LogP contribution in [-0.2, 0) is 4.79 Å². The van der Waals surface area contributed by atoms with Gasteiger partial charge in [0.1, 0.15) is 0 Å². The second kappa shape index (κ2) is 5.06. The molecule has 0 aliphatic heterocycles. The maximum absolute atomic E-state index is 10.4. The van der Waals surface area contributed by atoms with E-state index in [1.54, 1.807) is 18.2 Å². The Balaban J connectivity index is 3.09. The van der Waals surface area contributed by atoms with Crippen LogP contribution in [0.4, 0.5) is 0 Å². The number of benzene rings is 1. The van der Waals surface area contributed by atoms with Crippen LogP contribution in [0.25, 0.3) is 6.08 Å². The molecule has 1 aromatic rings. The first kappa shape index (κ1) is 11.9. The molecule has 0 saturated carbocycles. The van der Waals surface area contributed by atoms with Gasteiger partial charge in [0.2, 0.25) is 5.76 Å². The van der Waals surface area contributed by atoms with Crippen molar-refractivity contribution in [3.8, 4) is 11.5 Å². The van der Waals surface area contributed by atoms with Gasteiger partial charge in [-0.2, -0.15) is 0 Å². The van der Waals surface area contributed by atoms with Crippen LogP contribution in [-0.4, -0.2) is 30.4 Å². The fourth-order valence-corrected chi connectivity index (χ4v) is 1.16. The number of carbonyl (C=O) groups is 1. The van der Waals surface area contributed by atoms with Crippen molar-refractivity contribution in [3.05, 3.63) is 29.5 Å². The Labute approximate surface area is 92.5 Å². The summed E-state index contributed by atoms with van der Waals surface area (Å²) in [7, 11) is 2.98. The van der Waals surface area contributed by atoms with Crippen molar-refractivity contribution in [1.82, 2.24) is 0 Å². The molecule has 0 amide bonds. The van der Waals surface area contributed by atoms with Crippen LogP contribution in [0, 0.1) is 0 Å². The molecule has 0 atom stereocenters. The maximum Gasteiger partial charge on any atom is 0.370 e. The van der Waals surface area contributed by atoms with Crippen LogP contribution in [0.2, 0.25) is 0 Å². The van der Waals surface area contributed by atoms with Crippen LogP contribution in [0.3, 0.4) is 0 Å². The van der Waals surface area contributed by atoms with Gasteiger partial charge in [0, 0.05) is 0 Å². The molecule has 0 aliphatic carbocycles. The summed E-state index contributed by atoms with van der Waals surface area (Å²) < 4.78 is 10.1. The first-order valence-corrected chi connectivity index (χ1v) is 4.44. The van der Waals surface area contributed by atoms with Gasteiger partial charge in [-0.25, -0.2) is 4.79 Å². The minimum Gasteiger partial charge on any atom is -0.502 e. The molecule has 0 bridgehead atoms. The lowest BCUT2D eigenvalue weighted by molar-refractivity contribution is -0.135. The van der Waals surface area contributed by atoms with Crippen molar-refractivity contribution in [2.75, 3.05) is 14.2 Å². The summed E-state index contributed by atoms with van der Waals surface area (Å²) in [6, 6.07) is 4.80. The van der Waals surface area contributed by atoms with Crippen molar-refractivity contribution in [2.24, 2.45) is 0 Å². The van der Waals surface area contributed by atoms with E-state index in [-0.39, 0.29) is 0 Å². The fraction of sp³-hybridized carbons (Fsp3) is 0.182. The largest absolute Gasteiger partial charge is 0.502 e. The second-order valence-electron chi connectivity index (χ2n) is 2.95. The molecule has 0 radical (unpaired) electrons. The van der Waals surface area contributed by atoms with Crippen LogP contribution in [0.5, 0.6) is 11.5 Å². The highest BCUT2D eigenvalue weighted by molar-refractivity contribution is 5.89. The highest BCUT2D eigenvalue weighted by Gasteiger charge is 2.06. The highest BCUT2D eigenvalue weighted by atomic mass is 16.5. The average molecular weight is 224 g/mol. The van der Waals surface area contributed by atoms with E-state index in [0.717, 1.165) is 6.08 Å². The quantitative estimate of drug-likeness (QED) is 0.601. The summed E-state index contributed by atoms with van der Waals surface area (Å²) in [5, 5.41) is 17.6. The minimum atomic E-state index is -1.38. The number of ether oxygens (including phenoxy) is 2. The molecule has 0 spiro atoms. The van der Waals surface area contributed by atoms with E-state index in [0.29, 0.717) is 17.1 Å². The Hall–Kier alpha value is -2.17. The van der Waals surface area contributed by atoms with Gasteiger partial charge in [0.05, 0.1) is 14.2 Å². The summed E-state index contributed by atoms with van der Waals surface area (Å²) in [6.45, 7) is 0. The molecule has 1 rings (SSSR count). The van der Waals surface area contributed by atoms with E-state index < -0.39 is 11.7 Å². The van der Waals surface area contributed by atoms with Crippen molar-refractivity contribution in [3.63, 3.8) is 0 Å². The number of hydrogen-bond donors (Lipinski definition) is 2. The normalized spacial score (nSPS) is 11.0. The van der Waals surface area contributed by atoms with E-state index in [2.05, 4.69) is 0 Å². The zero-order valence-corrected chi connectivity index (χ0v) is 8.93. The Morgan fingerprint density at radius 2 is 1.81 bits per heavy atom. The number of aliphatic hydroxyl groups is 1. The summed E-state index contributed by atoms with van der Waals surface area (Å²) in [6.07, 6.45) is 1.13. The van der Waals surface area contributed by atoms with E-state index in [1.165, 1.54) is 14.2 Å². The van der Waals surface area contributed by atoms with Gasteiger partial charge in [-0.3, -0.25) is 0 Å². The minimum absolute atomic E-state index is 0.467. The zero-order valence-electron chi connectivity index (χ0n) is 8.93. The SMILES string of the molecule is COc1ccc(C=C(O)C(=O)O)cc1OC. The molecule has 0 fully saturated rings.